The molecule has 0 radical (unpaired) electrons. The van der Waals surface area contributed by atoms with Gasteiger partial charge >= 0.3 is 0 Å². The van der Waals surface area contributed by atoms with E-state index in [1.165, 1.54) is 12.8 Å². The predicted molar refractivity (Wildman–Crippen MR) is 64.8 cm³/mol. The Labute approximate surface area is 96.4 Å². The number of nitrogens with one attached hydrogen (secondary N) is 1. The van der Waals surface area contributed by atoms with Crippen molar-refractivity contribution in [3.05, 3.63) is 47.3 Å². The van der Waals surface area contributed by atoms with Crippen LogP contribution in [0.15, 0.2) is 30.4 Å². The average Bonchev–Trinajstić information content (AvgIpc) is 2.32. The van der Waals surface area contributed by atoms with E-state index in [0.29, 0.717) is 6.04 Å². The van der Waals surface area contributed by atoms with Crippen molar-refractivity contribution in [2.24, 2.45) is 0 Å². The Bertz CT molecular complexity index is 384. The summed E-state index contributed by atoms with van der Waals surface area (Å²) in [5.74, 6) is -0.121. The summed E-state index contributed by atoms with van der Waals surface area (Å²) in [7, 11) is 0. The molecule has 0 aromatic heterocycles. The maximum absolute atomic E-state index is 13.1. The lowest BCUT2D eigenvalue weighted by Gasteiger charge is -2.19. The van der Waals surface area contributed by atoms with Crippen LogP contribution in [-0.4, -0.2) is 6.04 Å². The number of hydrogen-bond acceptors (Lipinski definition) is 1. The molecule has 1 N–H and O–H groups in total. The van der Waals surface area contributed by atoms with Gasteiger partial charge in [-0.05, 0) is 43.4 Å². The van der Waals surface area contributed by atoms with Gasteiger partial charge in [0.1, 0.15) is 5.82 Å². The minimum Gasteiger partial charge on any atom is -0.310 e. The molecule has 0 amide bonds. The lowest BCUT2D eigenvalue weighted by atomic mass is 10.0. The Morgan fingerprint density at radius 3 is 2.94 bits per heavy atom. The van der Waals surface area contributed by atoms with E-state index in [4.69, 9.17) is 0 Å². The highest BCUT2D eigenvalue weighted by Gasteiger charge is 2.08. The molecule has 0 fully saturated rings. The van der Waals surface area contributed by atoms with Gasteiger partial charge in [-0.25, -0.2) is 4.39 Å². The normalized spacial score (nSPS) is 20.0. The summed E-state index contributed by atoms with van der Waals surface area (Å²) in [5.41, 5.74) is 1.89. The van der Waals surface area contributed by atoms with Gasteiger partial charge in [-0.3, -0.25) is 0 Å². The van der Waals surface area contributed by atoms with E-state index in [1.807, 2.05) is 19.1 Å². The third kappa shape index (κ3) is 2.92. The van der Waals surface area contributed by atoms with Gasteiger partial charge in [-0.1, -0.05) is 24.3 Å². The number of halogens is 1. The molecule has 0 heterocycles. The number of hydrogen-bond donors (Lipinski definition) is 1. The molecule has 0 saturated heterocycles. The van der Waals surface area contributed by atoms with E-state index in [2.05, 4.69) is 17.5 Å². The lowest BCUT2D eigenvalue weighted by molar-refractivity contribution is 0.474. The summed E-state index contributed by atoms with van der Waals surface area (Å²) in [4.78, 5) is 0. The van der Waals surface area contributed by atoms with Crippen LogP contribution in [0.4, 0.5) is 4.39 Å². The molecular weight excluding hydrogens is 201 g/mol. The Hall–Kier alpha value is -1.15. The van der Waals surface area contributed by atoms with Crippen molar-refractivity contribution < 1.29 is 4.39 Å². The van der Waals surface area contributed by atoms with Crippen LogP contribution in [0.25, 0.3) is 0 Å². The number of allylic oxidation sites excluding steroid dienone is 1. The average molecular weight is 219 g/mol. The van der Waals surface area contributed by atoms with Crippen LogP contribution in [-0.2, 0) is 6.54 Å². The van der Waals surface area contributed by atoms with Crippen LogP contribution in [0.1, 0.15) is 30.4 Å². The largest absolute Gasteiger partial charge is 0.310 e. The van der Waals surface area contributed by atoms with Crippen LogP contribution < -0.4 is 5.32 Å². The summed E-state index contributed by atoms with van der Waals surface area (Å²) >= 11 is 0. The first kappa shape index (κ1) is 11.3. The molecule has 0 spiro atoms. The maximum atomic E-state index is 13.1. The second-order valence-electron chi connectivity index (χ2n) is 4.45. The molecule has 1 unspecified atom stereocenters. The van der Waals surface area contributed by atoms with Crippen LogP contribution in [0.2, 0.25) is 0 Å². The zero-order chi connectivity index (χ0) is 11.4. The first-order valence-corrected chi connectivity index (χ1v) is 5.89. The Balaban J connectivity index is 1.89. The van der Waals surface area contributed by atoms with Gasteiger partial charge in [0.15, 0.2) is 0 Å². The van der Waals surface area contributed by atoms with Crippen molar-refractivity contribution in [1.29, 1.82) is 0 Å². The summed E-state index contributed by atoms with van der Waals surface area (Å²) in [6, 6.07) is 5.90. The van der Waals surface area contributed by atoms with E-state index in [-0.39, 0.29) is 5.82 Å². The van der Waals surface area contributed by atoms with Crippen molar-refractivity contribution in [3.63, 3.8) is 0 Å². The summed E-state index contributed by atoms with van der Waals surface area (Å²) in [5, 5.41) is 3.51. The number of rotatable bonds is 3. The van der Waals surface area contributed by atoms with Crippen molar-refractivity contribution in [2.45, 2.75) is 38.8 Å². The van der Waals surface area contributed by atoms with Gasteiger partial charge < -0.3 is 5.32 Å². The molecule has 1 atom stereocenters. The lowest BCUT2D eigenvalue weighted by Crippen LogP contribution is -2.29. The van der Waals surface area contributed by atoms with Gasteiger partial charge in [0, 0.05) is 12.6 Å². The van der Waals surface area contributed by atoms with Gasteiger partial charge in [-0.15, -0.1) is 0 Å². The van der Waals surface area contributed by atoms with E-state index >= 15 is 0 Å². The summed E-state index contributed by atoms with van der Waals surface area (Å²) < 4.78 is 13.1. The fraction of sp³-hybridized carbons (Fsp3) is 0.429. The summed E-state index contributed by atoms with van der Waals surface area (Å²) in [6.45, 7) is 2.64. The van der Waals surface area contributed by atoms with Crippen LogP contribution in [0.3, 0.4) is 0 Å². The molecule has 2 rings (SSSR count). The fourth-order valence-corrected chi connectivity index (χ4v) is 2.06. The Morgan fingerprint density at radius 1 is 1.38 bits per heavy atom. The predicted octanol–water partition coefficient (Wildman–Crippen LogP) is 3.33. The molecule has 86 valence electrons. The molecule has 1 aromatic rings. The quantitative estimate of drug-likeness (QED) is 0.769. The Kier molecular flexibility index (Phi) is 3.73. The number of benzene rings is 1. The van der Waals surface area contributed by atoms with E-state index in [0.717, 1.165) is 24.1 Å². The molecule has 0 aliphatic heterocycles. The van der Waals surface area contributed by atoms with Crippen molar-refractivity contribution in [2.75, 3.05) is 0 Å². The zero-order valence-electron chi connectivity index (χ0n) is 9.67. The Morgan fingerprint density at radius 2 is 2.25 bits per heavy atom. The minimum absolute atomic E-state index is 0.121. The fourth-order valence-electron chi connectivity index (χ4n) is 2.06. The molecular formula is C14H18FN. The second kappa shape index (κ2) is 5.26. The van der Waals surface area contributed by atoms with Gasteiger partial charge in [0.2, 0.25) is 0 Å². The molecule has 16 heavy (non-hydrogen) atoms. The molecule has 2 heteroatoms. The summed E-state index contributed by atoms with van der Waals surface area (Å²) in [6.07, 6.45) is 7.95. The van der Waals surface area contributed by atoms with Crippen molar-refractivity contribution >= 4 is 0 Å². The monoisotopic (exact) mass is 219 g/mol. The highest BCUT2D eigenvalue weighted by molar-refractivity contribution is 5.23. The highest BCUT2D eigenvalue weighted by Crippen LogP contribution is 2.13. The third-order valence-electron chi connectivity index (χ3n) is 3.09. The molecule has 1 nitrogen and oxygen atoms in total. The molecule has 1 aromatic carbocycles. The van der Waals surface area contributed by atoms with E-state index in [1.54, 1.807) is 6.07 Å². The first-order chi connectivity index (χ1) is 7.75. The second-order valence-corrected chi connectivity index (χ2v) is 4.45. The first-order valence-electron chi connectivity index (χ1n) is 5.89. The van der Waals surface area contributed by atoms with E-state index < -0.39 is 0 Å². The van der Waals surface area contributed by atoms with Gasteiger partial charge in [-0.2, -0.15) is 0 Å². The van der Waals surface area contributed by atoms with Crippen LogP contribution in [0, 0.1) is 12.7 Å². The molecule has 0 saturated carbocycles. The van der Waals surface area contributed by atoms with Crippen LogP contribution >= 0.6 is 0 Å². The van der Waals surface area contributed by atoms with Crippen LogP contribution in [0.5, 0.6) is 0 Å². The van der Waals surface area contributed by atoms with E-state index in [9.17, 15) is 4.39 Å². The number of aryl methyl sites for hydroxylation is 1. The smallest absolute Gasteiger partial charge is 0.126 e. The van der Waals surface area contributed by atoms with Crippen molar-refractivity contribution in [3.8, 4) is 0 Å². The maximum Gasteiger partial charge on any atom is 0.126 e. The SMILES string of the molecule is Cc1cc(CNC2CC=CCC2)ccc1F. The van der Waals surface area contributed by atoms with Gasteiger partial charge in [0.05, 0.1) is 0 Å². The highest BCUT2D eigenvalue weighted by atomic mass is 19.1. The molecule has 0 bridgehead atoms. The standard InChI is InChI=1S/C14H18FN/c1-11-9-12(7-8-14(11)15)10-16-13-5-3-2-4-6-13/h2-3,7-9,13,16H,4-6,10H2,1H3. The topological polar surface area (TPSA) is 12.0 Å². The third-order valence-corrected chi connectivity index (χ3v) is 3.09. The van der Waals surface area contributed by atoms with Gasteiger partial charge in [0.25, 0.3) is 0 Å². The minimum atomic E-state index is -0.121. The zero-order valence-corrected chi connectivity index (χ0v) is 9.67. The van der Waals surface area contributed by atoms with Crippen molar-refractivity contribution in [1.82, 2.24) is 5.32 Å². The molecule has 1 aliphatic carbocycles. The molecule has 1 aliphatic rings.